The second-order valence-corrected chi connectivity index (χ2v) is 5.33. The van der Waals surface area contributed by atoms with Gasteiger partial charge in [0.15, 0.2) is 0 Å². The molecule has 22 heavy (non-hydrogen) atoms. The van der Waals surface area contributed by atoms with Crippen LogP contribution in [0.15, 0.2) is 36.5 Å². The number of benzene rings is 1. The van der Waals surface area contributed by atoms with E-state index in [2.05, 4.69) is 16.3 Å². The monoisotopic (exact) mass is 297 g/mol. The molecule has 0 atom stereocenters. The molecule has 3 N–H and O–H groups in total. The Kier molecular flexibility index (Phi) is 3.63. The largest absolute Gasteiger partial charge is 0.506 e. The van der Waals surface area contributed by atoms with Gasteiger partial charge in [-0.05, 0) is 43.5 Å². The lowest BCUT2D eigenvalue weighted by atomic mass is 10.1. The number of rotatable bonds is 4. The van der Waals surface area contributed by atoms with Gasteiger partial charge >= 0.3 is 0 Å². The Balaban J connectivity index is 1.84. The molecule has 0 saturated carbocycles. The molecule has 114 valence electrons. The Morgan fingerprint density at radius 1 is 1.23 bits per heavy atom. The number of aryl methyl sites for hydroxylation is 3. The highest BCUT2D eigenvalue weighted by molar-refractivity contribution is 5.53. The number of pyridine rings is 1. The van der Waals surface area contributed by atoms with Gasteiger partial charge in [-0.2, -0.15) is 0 Å². The highest BCUT2D eigenvalue weighted by atomic mass is 16.5. The van der Waals surface area contributed by atoms with Gasteiger partial charge in [-0.3, -0.25) is 0 Å². The van der Waals surface area contributed by atoms with E-state index in [1.807, 2.05) is 24.4 Å². The predicted molar refractivity (Wildman–Crippen MR) is 86.4 cm³/mol. The standard InChI is InChI=1S/C17H19N3O2/c1-11-15(6-4-12-3-5-14(18)16(21)9-12)19-17-10-13(22-2)7-8-20(11)17/h3,5,7-10,21H,4,6,18H2,1-2H3. The zero-order chi connectivity index (χ0) is 15.7. The summed E-state index contributed by atoms with van der Waals surface area (Å²) in [5, 5.41) is 9.67. The fraction of sp³-hybridized carbons (Fsp3) is 0.235. The molecule has 0 aliphatic carbocycles. The van der Waals surface area contributed by atoms with E-state index in [0.717, 1.165) is 41.2 Å². The Bertz CT molecular complexity index is 824. The number of anilines is 1. The van der Waals surface area contributed by atoms with E-state index in [1.54, 1.807) is 19.2 Å². The molecular weight excluding hydrogens is 278 g/mol. The third kappa shape index (κ3) is 2.57. The molecule has 0 radical (unpaired) electrons. The first kappa shape index (κ1) is 14.3. The molecule has 2 aromatic heterocycles. The van der Waals surface area contributed by atoms with Crippen LogP contribution in [-0.4, -0.2) is 21.6 Å². The first-order chi connectivity index (χ1) is 10.6. The van der Waals surface area contributed by atoms with Crippen LogP contribution in [0.3, 0.4) is 0 Å². The normalized spacial score (nSPS) is 11.0. The topological polar surface area (TPSA) is 72.8 Å². The molecule has 5 nitrogen and oxygen atoms in total. The number of nitrogens with two attached hydrogens (primary N) is 1. The molecule has 5 heteroatoms. The Morgan fingerprint density at radius 2 is 2.05 bits per heavy atom. The number of nitrogen functional groups attached to an aromatic ring is 1. The maximum Gasteiger partial charge on any atom is 0.140 e. The van der Waals surface area contributed by atoms with Gasteiger partial charge in [0, 0.05) is 18.0 Å². The van der Waals surface area contributed by atoms with E-state index < -0.39 is 0 Å². The highest BCUT2D eigenvalue weighted by Crippen LogP contribution is 2.23. The van der Waals surface area contributed by atoms with Crippen LogP contribution in [0.5, 0.6) is 11.5 Å². The maximum atomic E-state index is 9.67. The van der Waals surface area contributed by atoms with Crippen LogP contribution in [0.25, 0.3) is 5.65 Å². The predicted octanol–water partition coefficient (Wildman–Crippen LogP) is 2.72. The summed E-state index contributed by atoms with van der Waals surface area (Å²) in [4.78, 5) is 4.67. The van der Waals surface area contributed by atoms with Gasteiger partial charge in [0.25, 0.3) is 0 Å². The van der Waals surface area contributed by atoms with Crippen LogP contribution in [0.1, 0.15) is 17.0 Å². The van der Waals surface area contributed by atoms with Gasteiger partial charge in [0.2, 0.25) is 0 Å². The van der Waals surface area contributed by atoms with Crippen molar-refractivity contribution in [1.82, 2.24) is 9.38 Å². The third-order valence-corrected chi connectivity index (χ3v) is 3.92. The molecule has 0 saturated heterocycles. The highest BCUT2D eigenvalue weighted by Gasteiger charge is 2.09. The number of phenols is 1. The van der Waals surface area contributed by atoms with Crippen LogP contribution in [-0.2, 0) is 12.8 Å². The lowest BCUT2D eigenvalue weighted by molar-refractivity contribution is 0.414. The second kappa shape index (κ2) is 5.60. The molecular formula is C17H19N3O2. The molecule has 3 rings (SSSR count). The first-order valence-electron chi connectivity index (χ1n) is 7.17. The Hall–Kier alpha value is -2.69. The number of aromatic nitrogens is 2. The van der Waals surface area contributed by atoms with E-state index in [4.69, 9.17) is 10.5 Å². The van der Waals surface area contributed by atoms with E-state index in [0.29, 0.717) is 5.69 Å². The lowest BCUT2D eigenvalue weighted by Gasteiger charge is -2.04. The number of ether oxygens (including phenoxy) is 1. The fourth-order valence-electron chi connectivity index (χ4n) is 2.57. The number of methoxy groups -OCH3 is 1. The zero-order valence-corrected chi connectivity index (χ0v) is 12.7. The Morgan fingerprint density at radius 3 is 2.77 bits per heavy atom. The van der Waals surface area contributed by atoms with Crippen LogP contribution < -0.4 is 10.5 Å². The van der Waals surface area contributed by atoms with Gasteiger partial charge in [-0.25, -0.2) is 4.98 Å². The van der Waals surface area contributed by atoms with Crippen LogP contribution in [0.2, 0.25) is 0 Å². The summed E-state index contributed by atoms with van der Waals surface area (Å²) in [6.45, 7) is 2.06. The Labute approximate surface area is 129 Å². The van der Waals surface area contributed by atoms with Crippen molar-refractivity contribution in [2.24, 2.45) is 0 Å². The number of nitrogens with zero attached hydrogens (tertiary/aromatic N) is 2. The van der Waals surface area contributed by atoms with Gasteiger partial charge in [-0.15, -0.1) is 0 Å². The van der Waals surface area contributed by atoms with Gasteiger partial charge < -0.3 is 20.0 Å². The van der Waals surface area contributed by atoms with Crippen molar-refractivity contribution in [2.45, 2.75) is 19.8 Å². The van der Waals surface area contributed by atoms with Gasteiger partial charge in [0.05, 0.1) is 18.5 Å². The minimum absolute atomic E-state index is 0.133. The molecule has 0 aliphatic rings. The average Bonchev–Trinajstić information content (AvgIpc) is 2.84. The minimum atomic E-state index is 0.133. The van der Waals surface area contributed by atoms with Crippen LogP contribution in [0, 0.1) is 6.92 Å². The summed E-state index contributed by atoms with van der Waals surface area (Å²) < 4.78 is 7.29. The molecule has 0 unspecified atom stereocenters. The minimum Gasteiger partial charge on any atom is -0.506 e. The molecule has 0 fully saturated rings. The smallest absolute Gasteiger partial charge is 0.140 e. The lowest BCUT2D eigenvalue weighted by Crippen LogP contribution is -1.95. The van der Waals surface area contributed by atoms with Crippen molar-refractivity contribution in [2.75, 3.05) is 12.8 Å². The number of fused-ring (bicyclic) bond motifs is 1. The number of phenolic OH excluding ortho intramolecular Hbond substituents is 1. The molecule has 0 spiro atoms. The van der Waals surface area contributed by atoms with Crippen molar-refractivity contribution >= 4 is 11.3 Å². The molecule has 1 aromatic carbocycles. The summed E-state index contributed by atoms with van der Waals surface area (Å²) in [5.74, 6) is 0.932. The fourth-order valence-corrected chi connectivity index (χ4v) is 2.57. The summed E-state index contributed by atoms with van der Waals surface area (Å²) in [6.07, 6.45) is 3.57. The number of imidazole rings is 1. The van der Waals surface area contributed by atoms with Gasteiger partial charge in [-0.1, -0.05) is 6.07 Å². The molecule has 0 bridgehead atoms. The maximum absolute atomic E-state index is 9.67. The van der Waals surface area contributed by atoms with E-state index in [9.17, 15) is 5.11 Å². The average molecular weight is 297 g/mol. The number of aromatic hydroxyl groups is 1. The summed E-state index contributed by atoms with van der Waals surface area (Å²) in [5.41, 5.74) is 10.1. The molecule has 2 heterocycles. The summed E-state index contributed by atoms with van der Waals surface area (Å²) in [6, 6.07) is 9.22. The first-order valence-corrected chi connectivity index (χ1v) is 7.17. The summed E-state index contributed by atoms with van der Waals surface area (Å²) in [7, 11) is 1.65. The molecule has 0 aliphatic heterocycles. The van der Waals surface area contributed by atoms with Crippen molar-refractivity contribution in [1.29, 1.82) is 0 Å². The van der Waals surface area contributed by atoms with Crippen molar-refractivity contribution in [3.63, 3.8) is 0 Å². The van der Waals surface area contributed by atoms with E-state index in [-0.39, 0.29) is 5.75 Å². The second-order valence-electron chi connectivity index (χ2n) is 5.33. The zero-order valence-electron chi connectivity index (χ0n) is 12.7. The SMILES string of the molecule is COc1ccn2c(C)c(CCc3ccc(N)c(O)c3)nc2c1. The van der Waals surface area contributed by atoms with Crippen molar-refractivity contribution in [3.05, 3.63) is 53.5 Å². The van der Waals surface area contributed by atoms with E-state index >= 15 is 0 Å². The number of hydrogen-bond acceptors (Lipinski definition) is 4. The van der Waals surface area contributed by atoms with Crippen LogP contribution in [0.4, 0.5) is 5.69 Å². The van der Waals surface area contributed by atoms with E-state index in [1.165, 1.54) is 0 Å². The quantitative estimate of drug-likeness (QED) is 0.573. The number of hydrogen-bond donors (Lipinski definition) is 2. The molecule has 0 amide bonds. The third-order valence-electron chi connectivity index (χ3n) is 3.92. The molecule has 3 aromatic rings. The van der Waals surface area contributed by atoms with Crippen molar-refractivity contribution < 1.29 is 9.84 Å². The summed E-state index contributed by atoms with van der Waals surface area (Å²) >= 11 is 0. The van der Waals surface area contributed by atoms with Crippen LogP contribution >= 0.6 is 0 Å². The van der Waals surface area contributed by atoms with Gasteiger partial charge in [0.1, 0.15) is 17.1 Å². The van der Waals surface area contributed by atoms with Crippen molar-refractivity contribution in [3.8, 4) is 11.5 Å².